The average Bonchev–Trinajstić information content (AvgIpc) is 3.79. The Morgan fingerprint density at radius 3 is 2.40 bits per heavy atom. The molecule has 2 aliphatic rings. The predicted molar refractivity (Wildman–Crippen MR) is 162 cm³/mol. The molecule has 1 N–H and O–H groups in total. The van der Waals surface area contributed by atoms with E-state index in [0.717, 1.165) is 28.3 Å². The minimum Gasteiger partial charge on any atom is -0.760 e. The molecular weight excluding hydrogens is 614 g/mol. The molecule has 1 aliphatic heterocycles. The molecule has 228 valence electrons. The summed E-state index contributed by atoms with van der Waals surface area (Å²) in [5.74, 6) is -2.36. The second kappa shape index (κ2) is 13.0. The van der Waals surface area contributed by atoms with Crippen molar-refractivity contribution >= 4 is 46.3 Å². The molecule has 5 rings (SSSR count). The monoisotopic (exact) mass is 645 g/mol. The van der Waals surface area contributed by atoms with Crippen LogP contribution in [-0.4, -0.2) is 47.5 Å². The van der Waals surface area contributed by atoms with Crippen molar-refractivity contribution < 1.29 is 27.8 Å². The summed E-state index contributed by atoms with van der Waals surface area (Å²) in [6.07, 6.45) is 1.40. The highest BCUT2D eigenvalue weighted by Crippen LogP contribution is 2.54. The van der Waals surface area contributed by atoms with Crippen LogP contribution in [0.25, 0.3) is 0 Å². The Morgan fingerprint density at radius 2 is 1.79 bits per heavy atom. The Morgan fingerprint density at radius 1 is 1.09 bits per heavy atom. The largest absolute Gasteiger partial charge is 0.760 e. The minimum absolute atomic E-state index is 0.0161. The Balaban J connectivity index is 1.64. The zero-order chi connectivity index (χ0) is 30.9. The van der Waals surface area contributed by atoms with E-state index in [9.17, 15) is 27.8 Å². The van der Waals surface area contributed by atoms with Crippen LogP contribution in [0.5, 0.6) is 0 Å². The normalized spacial score (nSPS) is 23.8. The van der Waals surface area contributed by atoms with Gasteiger partial charge in [-0.25, -0.2) is 8.70 Å². The van der Waals surface area contributed by atoms with E-state index in [1.54, 1.807) is 36.1 Å². The van der Waals surface area contributed by atoms with Crippen LogP contribution in [0.4, 0.5) is 4.39 Å². The smallest absolute Gasteiger partial charge is 0.304 e. The van der Waals surface area contributed by atoms with Gasteiger partial charge in [-0.3, -0.25) is 13.8 Å². The van der Waals surface area contributed by atoms with E-state index in [1.165, 1.54) is 18.2 Å². The van der Waals surface area contributed by atoms with E-state index < -0.39 is 47.0 Å². The molecule has 0 bridgehead atoms. The van der Waals surface area contributed by atoms with Crippen molar-refractivity contribution in [3.8, 4) is 0 Å². The molecule has 1 amide bonds. The van der Waals surface area contributed by atoms with Crippen molar-refractivity contribution in [1.82, 2.24) is 9.21 Å². The number of halogens is 3. The maximum absolute atomic E-state index is 14.6. The molecule has 1 aliphatic carbocycles. The van der Waals surface area contributed by atoms with Crippen molar-refractivity contribution in [3.05, 3.63) is 105 Å². The maximum atomic E-state index is 14.6. The number of carboxylic acid groups (broad SMARTS) is 1. The molecule has 5 unspecified atom stereocenters. The van der Waals surface area contributed by atoms with E-state index in [1.807, 2.05) is 30.3 Å². The van der Waals surface area contributed by atoms with E-state index >= 15 is 0 Å². The second-order valence-corrected chi connectivity index (χ2v) is 13.6. The molecule has 2 fully saturated rings. The fraction of sp³-hybridized carbons (Fsp3) is 0.375. The van der Waals surface area contributed by atoms with Crippen LogP contribution in [0.3, 0.4) is 0 Å². The van der Waals surface area contributed by atoms with Gasteiger partial charge in [0.1, 0.15) is 5.82 Å². The molecule has 5 atom stereocenters. The number of carbonyl (C=O) groups excluding carboxylic acids is 1. The molecule has 0 spiro atoms. The summed E-state index contributed by atoms with van der Waals surface area (Å²) in [5, 5.41) is 10.9. The molecule has 43 heavy (non-hydrogen) atoms. The molecule has 1 heterocycles. The van der Waals surface area contributed by atoms with Crippen molar-refractivity contribution in [3.63, 3.8) is 0 Å². The first-order valence-corrected chi connectivity index (χ1v) is 15.9. The number of nitrogens with zero attached hydrogens (tertiary/aromatic N) is 2. The van der Waals surface area contributed by atoms with Crippen LogP contribution in [-0.2, 0) is 27.4 Å². The van der Waals surface area contributed by atoms with Crippen molar-refractivity contribution in [1.29, 1.82) is 0 Å². The SMILES string of the molecule is CC1(CC(=O)O)CC(c2cccc(Cl)c2)C(c2ccc(Cl)cc2)N(C(CN(Cc2ccccc2F)S(=O)[O-])C2CC2)C1=O. The molecule has 1 saturated carbocycles. The Kier molecular flexibility index (Phi) is 9.58. The lowest BCUT2D eigenvalue weighted by molar-refractivity contribution is -0.161. The van der Waals surface area contributed by atoms with Crippen molar-refractivity contribution in [2.24, 2.45) is 11.3 Å². The molecule has 3 aromatic carbocycles. The third kappa shape index (κ3) is 7.13. The van der Waals surface area contributed by atoms with Gasteiger partial charge < -0.3 is 14.6 Å². The van der Waals surface area contributed by atoms with Gasteiger partial charge >= 0.3 is 5.97 Å². The maximum Gasteiger partial charge on any atom is 0.304 e. The molecule has 3 aromatic rings. The molecule has 11 heteroatoms. The lowest BCUT2D eigenvalue weighted by atomic mass is 9.67. The van der Waals surface area contributed by atoms with Crippen LogP contribution >= 0.6 is 23.2 Å². The number of likely N-dealkylation sites (tertiary alicyclic amines) is 1. The molecular formula is C32H32Cl2FN2O5S-. The summed E-state index contributed by atoms with van der Waals surface area (Å²) in [6, 6.07) is 19.3. The number of hydrogen-bond donors (Lipinski definition) is 1. The number of amides is 1. The molecule has 0 aromatic heterocycles. The zero-order valence-corrected chi connectivity index (χ0v) is 25.8. The zero-order valence-electron chi connectivity index (χ0n) is 23.5. The van der Waals surface area contributed by atoms with Gasteiger partial charge in [0.05, 0.1) is 17.9 Å². The van der Waals surface area contributed by atoms with Gasteiger partial charge in [-0.2, -0.15) is 0 Å². The van der Waals surface area contributed by atoms with Crippen LogP contribution in [0.1, 0.15) is 61.3 Å². The van der Waals surface area contributed by atoms with Gasteiger partial charge in [-0.15, -0.1) is 0 Å². The Labute approximate surface area is 263 Å². The topological polar surface area (TPSA) is 101 Å². The van der Waals surface area contributed by atoms with Crippen LogP contribution in [0.15, 0.2) is 72.8 Å². The van der Waals surface area contributed by atoms with Gasteiger partial charge in [-0.1, -0.05) is 72.6 Å². The second-order valence-electron chi connectivity index (χ2n) is 11.7. The van der Waals surface area contributed by atoms with E-state index in [2.05, 4.69) is 0 Å². The average molecular weight is 647 g/mol. The fourth-order valence-electron chi connectivity index (χ4n) is 6.39. The number of rotatable bonds is 11. The predicted octanol–water partition coefficient (Wildman–Crippen LogP) is 6.75. The van der Waals surface area contributed by atoms with Crippen molar-refractivity contribution in [2.75, 3.05) is 6.54 Å². The summed E-state index contributed by atoms with van der Waals surface area (Å²) in [4.78, 5) is 28.4. The first kappa shape index (κ1) is 31.6. The van der Waals surface area contributed by atoms with E-state index in [0.29, 0.717) is 10.0 Å². The lowest BCUT2D eigenvalue weighted by Crippen LogP contribution is -2.59. The van der Waals surface area contributed by atoms with Crippen LogP contribution in [0.2, 0.25) is 10.0 Å². The Hall–Kier alpha value is -2.82. The minimum atomic E-state index is -2.72. The molecule has 1 saturated heterocycles. The number of carbonyl (C=O) groups is 2. The highest BCUT2D eigenvalue weighted by atomic mass is 35.5. The summed E-state index contributed by atoms with van der Waals surface area (Å²) in [5.41, 5.74) is 0.566. The third-order valence-electron chi connectivity index (χ3n) is 8.56. The van der Waals surface area contributed by atoms with Gasteiger partial charge in [-0.05, 0) is 66.6 Å². The summed E-state index contributed by atoms with van der Waals surface area (Å²) in [7, 11) is 0. The molecule has 0 radical (unpaired) electrons. The highest BCUT2D eigenvalue weighted by molar-refractivity contribution is 7.76. The van der Waals surface area contributed by atoms with Crippen LogP contribution in [0, 0.1) is 17.2 Å². The number of hydrogen-bond acceptors (Lipinski definition) is 4. The van der Waals surface area contributed by atoms with Gasteiger partial charge in [0.2, 0.25) is 5.91 Å². The van der Waals surface area contributed by atoms with E-state index in [4.69, 9.17) is 23.2 Å². The summed E-state index contributed by atoms with van der Waals surface area (Å²) < 4.78 is 40.8. The number of piperidine rings is 1. The number of aliphatic carboxylic acids is 1. The quantitative estimate of drug-likeness (QED) is 0.233. The molecule has 7 nitrogen and oxygen atoms in total. The lowest BCUT2D eigenvalue weighted by Gasteiger charge is -2.52. The first-order chi connectivity index (χ1) is 20.5. The van der Waals surface area contributed by atoms with Gasteiger partial charge in [0.25, 0.3) is 0 Å². The highest BCUT2D eigenvalue weighted by Gasteiger charge is 2.54. The van der Waals surface area contributed by atoms with Gasteiger partial charge in [0, 0.05) is 51.9 Å². The fourth-order valence-corrected chi connectivity index (χ4v) is 7.24. The summed E-state index contributed by atoms with van der Waals surface area (Å²) >= 11 is 9.93. The first-order valence-electron chi connectivity index (χ1n) is 14.1. The summed E-state index contributed by atoms with van der Waals surface area (Å²) in [6.45, 7) is 1.39. The Bertz CT molecular complexity index is 1520. The third-order valence-corrected chi connectivity index (χ3v) is 9.75. The van der Waals surface area contributed by atoms with Gasteiger partial charge in [0.15, 0.2) is 0 Å². The van der Waals surface area contributed by atoms with E-state index in [-0.39, 0.29) is 42.8 Å². The standard InChI is InChI=1S/C32H33Cl2FN2O5S/c1-32(17-29(38)39)16-26(22-6-4-7-25(34)15-22)30(21-11-13-24(33)14-12-21)37(31(32)40)28(20-9-10-20)19-36(43(41)42)18-23-5-2-3-8-27(23)35/h2-8,11-15,20,26,28,30H,9-10,16-19H2,1H3,(H,38,39)(H,41,42)/p-1. The number of benzene rings is 3. The van der Waals surface area contributed by atoms with Crippen molar-refractivity contribution in [2.45, 2.75) is 57.2 Å². The number of carboxylic acids is 1. The van der Waals surface area contributed by atoms with Crippen LogP contribution < -0.4 is 0 Å².